The summed E-state index contributed by atoms with van der Waals surface area (Å²) >= 11 is 6.11. The van der Waals surface area contributed by atoms with Gasteiger partial charge in [-0.25, -0.2) is 14.2 Å². The van der Waals surface area contributed by atoms with Gasteiger partial charge in [0, 0.05) is 67.3 Å². The van der Waals surface area contributed by atoms with E-state index in [1.807, 2.05) is 0 Å². The molecule has 1 amide bonds. The number of methoxy groups -OCH3 is 3. The van der Waals surface area contributed by atoms with Crippen LogP contribution in [0.3, 0.4) is 0 Å². The molecule has 49 heavy (non-hydrogen) atoms. The van der Waals surface area contributed by atoms with Crippen LogP contribution in [0.5, 0.6) is 28.7 Å². The van der Waals surface area contributed by atoms with E-state index in [9.17, 15) is 4.79 Å². The molecule has 260 valence electrons. The Labute approximate surface area is 290 Å². The molecule has 1 fully saturated rings. The summed E-state index contributed by atoms with van der Waals surface area (Å²) in [5.41, 5.74) is 1.02. The molecule has 5 rings (SSSR count). The highest BCUT2D eigenvalue weighted by atomic mass is 35.5. The summed E-state index contributed by atoms with van der Waals surface area (Å²) in [6, 6.07) is 16.0. The van der Waals surface area contributed by atoms with Crippen LogP contribution in [0.4, 0.5) is 26.6 Å². The zero-order valence-electron chi connectivity index (χ0n) is 27.9. The van der Waals surface area contributed by atoms with Crippen molar-refractivity contribution in [3.05, 3.63) is 83.3 Å². The van der Waals surface area contributed by atoms with Crippen LogP contribution in [-0.4, -0.2) is 93.6 Å². The number of hydrogen-bond acceptors (Lipinski definition) is 11. The van der Waals surface area contributed by atoms with Crippen LogP contribution in [0.2, 0.25) is 5.02 Å². The molecule has 0 radical (unpaired) electrons. The van der Waals surface area contributed by atoms with Crippen molar-refractivity contribution in [3.8, 4) is 28.7 Å². The van der Waals surface area contributed by atoms with Crippen LogP contribution in [-0.2, 0) is 6.54 Å². The molecule has 1 aliphatic rings. The highest BCUT2D eigenvalue weighted by Crippen LogP contribution is 2.32. The Morgan fingerprint density at radius 3 is 2.41 bits per heavy atom. The third-order valence-corrected chi connectivity index (χ3v) is 8.17. The van der Waals surface area contributed by atoms with Gasteiger partial charge in [-0.3, -0.25) is 4.90 Å². The fraction of sp³-hybridized carbons (Fsp3) is 0.343. The second-order valence-electron chi connectivity index (χ2n) is 11.3. The normalized spacial score (nSPS) is 13.4. The minimum atomic E-state index is -0.768. The zero-order valence-corrected chi connectivity index (χ0v) is 28.7. The number of benzene rings is 3. The number of amides is 1. The van der Waals surface area contributed by atoms with E-state index in [1.165, 1.54) is 43.5 Å². The summed E-state index contributed by atoms with van der Waals surface area (Å²) in [4.78, 5) is 28.6. The maximum atomic E-state index is 15.0. The van der Waals surface area contributed by atoms with Gasteiger partial charge in [0.2, 0.25) is 5.95 Å². The van der Waals surface area contributed by atoms with Crippen molar-refractivity contribution in [2.45, 2.75) is 13.0 Å². The minimum absolute atomic E-state index is 0.0129. The summed E-state index contributed by atoms with van der Waals surface area (Å²) in [6.45, 7) is 5.46. The van der Waals surface area contributed by atoms with E-state index in [4.69, 9.17) is 35.3 Å². The lowest BCUT2D eigenvalue weighted by atomic mass is 10.1. The Morgan fingerprint density at radius 1 is 0.918 bits per heavy atom. The number of carbonyl (C=O) groups excluding carboxylic acids is 1. The van der Waals surface area contributed by atoms with Crippen molar-refractivity contribution >= 4 is 35.1 Å². The maximum absolute atomic E-state index is 15.0. The Hall–Kier alpha value is -4.85. The molecule has 1 saturated heterocycles. The van der Waals surface area contributed by atoms with Crippen molar-refractivity contribution in [3.63, 3.8) is 0 Å². The fourth-order valence-electron chi connectivity index (χ4n) is 5.22. The lowest BCUT2D eigenvalue weighted by Gasteiger charge is -2.32. The Morgan fingerprint density at radius 2 is 1.67 bits per heavy atom. The average Bonchev–Trinajstić information content (AvgIpc) is 3.11. The topological polar surface area (TPSA) is 111 Å². The third kappa shape index (κ3) is 9.62. The molecule has 4 aromatic rings. The Balaban J connectivity index is 1.32. The van der Waals surface area contributed by atoms with Crippen LogP contribution in [0.15, 0.2) is 66.9 Å². The van der Waals surface area contributed by atoms with Crippen LogP contribution in [0, 0.1) is 5.82 Å². The molecule has 14 heteroatoms. The van der Waals surface area contributed by atoms with Gasteiger partial charge in [0.25, 0.3) is 0 Å². The SMILES string of the molecule is COc1ccc(OC)c(CN(C(=O)Oc2ccc(Cl)cc2OC)c2ccnc(Nc3ccc(OCCCN4CCN(C)CC4)c(F)c3)n2)c1. The number of aromatic nitrogens is 2. The second-order valence-corrected chi connectivity index (χ2v) is 11.7. The minimum Gasteiger partial charge on any atom is -0.497 e. The van der Waals surface area contributed by atoms with Crippen molar-refractivity contribution in [2.24, 2.45) is 0 Å². The number of halogens is 2. The van der Waals surface area contributed by atoms with Gasteiger partial charge in [-0.15, -0.1) is 0 Å². The van der Waals surface area contributed by atoms with Crippen LogP contribution < -0.4 is 33.9 Å². The Kier molecular flexibility index (Phi) is 12.3. The summed E-state index contributed by atoms with van der Waals surface area (Å²) < 4.78 is 42.8. The molecule has 0 unspecified atom stereocenters. The number of hydrogen-bond donors (Lipinski definition) is 1. The molecule has 1 aromatic heterocycles. The number of nitrogens with zero attached hydrogens (tertiary/aromatic N) is 5. The number of carbonyl (C=O) groups is 1. The molecule has 1 N–H and O–H groups in total. The highest BCUT2D eigenvalue weighted by molar-refractivity contribution is 6.30. The fourth-order valence-corrected chi connectivity index (χ4v) is 5.38. The summed E-state index contributed by atoms with van der Waals surface area (Å²) in [5.74, 6) is 1.48. The maximum Gasteiger partial charge on any atom is 0.421 e. The highest BCUT2D eigenvalue weighted by Gasteiger charge is 2.24. The van der Waals surface area contributed by atoms with Crippen LogP contribution >= 0.6 is 11.6 Å². The molecule has 3 aromatic carbocycles. The molecule has 1 aliphatic heterocycles. The van der Waals surface area contributed by atoms with Gasteiger partial charge in [0.05, 0.1) is 34.5 Å². The van der Waals surface area contributed by atoms with Gasteiger partial charge in [-0.1, -0.05) is 11.6 Å². The molecule has 0 saturated carbocycles. The number of rotatable bonds is 14. The van der Waals surface area contributed by atoms with Gasteiger partial charge < -0.3 is 38.8 Å². The van der Waals surface area contributed by atoms with E-state index in [1.54, 1.807) is 49.6 Å². The molecule has 0 spiro atoms. The van der Waals surface area contributed by atoms with E-state index in [-0.39, 0.29) is 35.6 Å². The van der Waals surface area contributed by atoms with Gasteiger partial charge in [-0.2, -0.15) is 4.98 Å². The van der Waals surface area contributed by atoms with E-state index in [2.05, 4.69) is 32.1 Å². The molecule has 0 aliphatic carbocycles. The quantitative estimate of drug-likeness (QED) is 0.151. The van der Waals surface area contributed by atoms with Gasteiger partial charge in [0.15, 0.2) is 23.1 Å². The average molecular weight is 695 g/mol. The number of likely N-dealkylation sites (N-methyl/N-ethyl adjacent to an activating group) is 1. The summed E-state index contributed by atoms with van der Waals surface area (Å²) in [7, 11) is 6.65. The van der Waals surface area contributed by atoms with Crippen molar-refractivity contribution in [1.82, 2.24) is 19.8 Å². The van der Waals surface area contributed by atoms with E-state index >= 15 is 4.39 Å². The lowest BCUT2D eigenvalue weighted by molar-refractivity contribution is 0.145. The van der Waals surface area contributed by atoms with E-state index < -0.39 is 11.9 Å². The monoisotopic (exact) mass is 694 g/mol. The number of ether oxygens (including phenoxy) is 5. The predicted octanol–water partition coefficient (Wildman–Crippen LogP) is 6.26. The van der Waals surface area contributed by atoms with Crippen LogP contribution in [0.1, 0.15) is 12.0 Å². The predicted molar refractivity (Wildman–Crippen MR) is 186 cm³/mol. The van der Waals surface area contributed by atoms with E-state index in [0.29, 0.717) is 34.4 Å². The van der Waals surface area contributed by atoms with Gasteiger partial charge >= 0.3 is 6.09 Å². The molecular weight excluding hydrogens is 655 g/mol. The largest absolute Gasteiger partial charge is 0.497 e. The van der Waals surface area contributed by atoms with E-state index in [0.717, 1.165) is 39.1 Å². The first-order valence-electron chi connectivity index (χ1n) is 15.7. The lowest BCUT2D eigenvalue weighted by Crippen LogP contribution is -2.44. The number of nitrogens with one attached hydrogen (secondary N) is 1. The van der Waals surface area contributed by atoms with Crippen LogP contribution in [0.25, 0.3) is 0 Å². The summed E-state index contributed by atoms with van der Waals surface area (Å²) in [6.07, 6.45) is 1.51. The van der Waals surface area contributed by atoms with Gasteiger partial charge in [0.1, 0.15) is 17.3 Å². The smallest absolute Gasteiger partial charge is 0.421 e. The molecule has 12 nitrogen and oxygen atoms in total. The van der Waals surface area contributed by atoms with Crippen molar-refractivity contribution in [1.29, 1.82) is 0 Å². The van der Waals surface area contributed by atoms with Gasteiger partial charge in [-0.05, 0) is 62.0 Å². The Bertz CT molecular complexity index is 1720. The first-order valence-corrected chi connectivity index (χ1v) is 16.1. The first kappa shape index (κ1) is 35.5. The molecule has 2 heterocycles. The van der Waals surface area contributed by atoms with Crippen molar-refractivity contribution < 1.29 is 32.9 Å². The number of anilines is 3. The second kappa shape index (κ2) is 17.0. The standard InChI is InChI=1S/C35H40ClFN6O6/c1-41-15-17-42(18-16-41)14-5-19-48-30-10-7-26(22-28(30)37)39-34-38-13-12-33(40-34)43(23-24-20-27(45-2)8-11-29(24)46-3)35(44)49-31-9-6-25(36)21-32(31)47-4/h6-13,20-22H,5,14-19,23H2,1-4H3,(H,38,39,40). The molecular formula is C35H40ClFN6O6. The zero-order chi connectivity index (χ0) is 34.8. The number of piperazine rings is 1. The van der Waals surface area contributed by atoms with Crippen molar-refractivity contribution in [2.75, 3.05) is 77.9 Å². The molecule has 0 atom stereocenters. The summed E-state index contributed by atoms with van der Waals surface area (Å²) in [5, 5.41) is 3.43. The first-order chi connectivity index (χ1) is 23.8. The third-order valence-electron chi connectivity index (χ3n) is 7.94. The molecule has 0 bridgehead atoms.